The Bertz CT molecular complexity index is 677. The van der Waals surface area contributed by atoms with Crippen molar-refractivity contribution in [2.75, 3.05) is 31.6 Å². The predicted molar refractivity (Wildman–Crippen MR) is 109 cm³/mol. The van der Waals surface area contributed by atoms with Gasteiger partial charge in [0, 0.05) is 36.7 Å². The molecule has 28 heavy (non-hydrogen) atoms. The molecule has 3 rings (SSSR count). The summed E-state index contributed by atoms with van der Waals surface area (Å²) in [6, 6.07) is 5.48. The summed E-state index contributed by atoms with van der Waals surface area (Å²) in [6.45, 7) is 6.95. The highest BCUT2D eigenvalue weighted by atomic mass is 16.6. The molecule has 1 fully saturated rings. The molecule has 6 nitrogen and oxygen atoms in total. The summed E-state index contributed by atoms with van der Waals surface area (Å²) in [5.41, 5.74) is 0.726. The van der Waals surface area contributed by atoms with Crippen LogP contribution in [-0.2, 0) is 9.59 Å². The van der Waals surface area contributed by atoms with Gasteiger partial charge in [-0.1, -0.05) is 13.8 Å². The summed E-state index contributed by atoms with van der Waals surface area (Å²) in [6.07, 6.45) is 5.08. The Morgan fingerprint density at radius 1 is 0.964 bits per heavy atom. The molecule has 2 aliphatic rings. The first-order valence-electron chi connectivity index (χ1n) is 10.6. The molecule has 1 aromatic rings. The molecule has 1 aliphatic heterocycles. The van der Waals surface area contributed by atoms with Crippen molar-refractivity contribution in [3.63, 3.8) is 0 Å². The second-order valence-corrected chi connectivity index (χ2v) is 7.72. The van der Waals surface area contributed by atoms with Crippen molar-refractivity contribution in [1.29, 1.82) is 0 Å². The lowest BCUT2D eigenvalue weighted by Crippen LogP contribution is -2.39. The van der Waals surface area contributed by atoms with Crippen molar-refractivity contribution >= 4 is 17.5 Å². The van der Waals surface area contributed by atoms with Crippen LogP contribution in [-0.4, -0.2) is 43.0 Å². The van der Waals surface area contributed by atoms with Crippen molar-refractivity contribution in [3.05, 3.63) is 18.2 Å². The van der Waals surface area contributed by atoms with E-state index in [1.165, 1.54) is 0 Å². The number of hydrogen-bond donors (Lipinski definition) is 1. The van der Waals surface area contributed by atoms with Crippen molar-refractivity contribution in [1.82, 2.24) is 4.90 Å². The monoisotopic (exact) mass is 388 g/mol. The summed E-state index contributed by atoms with van der Waals surface area (Å²) in [5, 5.41) is 3.00. The zero-order chi connectivity index (χ0) is 19.9. The Balaban J connectivity index is 1.51. The number of nitrogens with zero attached hydrogens (tertiary/aromatic N) is 1. The van der Waals surface area contributed by atoms with Crippen LogP contribution in [0.15, 0.2) is 18.2 Å². The van der Waals surface area contributed by atoms with Gasteiger partial charge >= 0.3 is 0 Å². The first kappa shape index (κ1) is 20.5. The van der Waals surface area contributed by atoms with E-state index >= 15 is 0 Å². The molecule has 0 aromatic heterocycles. The number of ether oxygens (including phenoxy) is 2. The minimum atomic E-state index is -0.0388. The Hall–Kier alpha value is -2.24. The van der Waals surface area contributed by atoms with Gasteiger partial charge < -0.3 is 19.7 Å². The Morgan fingerprint density at radius 2 is 1.57 bits per heavy atom. The molecule has 0 unspecified atom stereocenters. The van der Waals surface area contributed by atoms with Crippen LogP contribution in [0.1, 0.15) is 52.4 Å². The van der Waals surface area contributed by atoms with E-state index in [4.69, 9.17) is 9.47 Å². The minimum Gasteiger partial charge on any atom is -0.486 e. The smallest absolute Gasteiger partial charge is 0.227 e. The number of rotatable bonds is 7. The summed E-state index contributed by atoms with van der Waals surface area (Å²) < 4.78 is 11.1. The van der Waals surface area contributed by atoms with Gasteiger partial charge in [0.1, 0.15) is 13.2 Å². The molecule has 6 heteroatoms. The van der Waals surface area contributed by atoms with Gasteiger partial charge in [0.15, 0.2) is 11.5 Å². The van der Waals surface area contributed by atoms with Crippen LogP contribution in [0.3, 0.4) is 0 Å². The number of benzene rings is 1. The van der Waals surface area contributed by atoms with E-state index in [2.05, 4.69) is 19.2 Å². The van der Waals surface area contributed by atoms with E-state index in [0.29, 0.717) is 24.7 Å². The minimum absolute atomic E-state index is 0.0292. The van der Waals surface area contributed by atoms with Gasteiger partial charge in [-0.25, -0.2) is 0 Å². The van der Waals surface area contributed by atoms with Crippen LogP contribution >= 0.6 is 0 Å². The van der Waals surface area contributed by atoms with Gasteiger partial charge in [0.05, 0.1) is 0 Å². The SMILES string of the molecule is CCCN(CCC)C(=O)C1CCC(C(=O)Nc2ccc3c(c2)OCCO3)CC1. The molecule has 1 aromatic carbocycles. The molecular formula is C22H32N2O4. The van der Waals surface area contributed by atoms with Crippen LogP contribution in [0, 0.1) is 11.8 Å². The number of amides is 2. The van der Waals surface area contributed by atoms with E-state index in [9.17, 15) is 9.59 Å². The zero-order valence-electron chi connectivity index (χ0n) is 17.0. The maximum Gasteiger partial charge on any atom is 0.227 e. The van der Waals surface area contributed by atoms with Crippen molar-refractivity contribution in [3.8, 4) is 11.5 Å². The number of fused-ring (bicyclic) bond motifs is 1. The maximum absolute atomic E-state index is 12.8. The maximum atomic E-state index is 12.8. The zero-order valence-corrected chi connectivity index (χ0v) is 17.0. The molecule has 0 bridgehead atoms. The standard InChI is InChI=1S/C22H32N2O4/c1-3-11-24(12-4-2)22(26)17-7-5-16(6-8-17)21(25)23-18-9-10-19-20(15-18)28-14-13-27-19/h9-10,15-17H,3-8,11-14H2,1-2H3,(H,23,25). The Kier molecular flexibility index (Phi) is 7.18. The highest BCUT2D eigenvalue weighted by molar-refractivity contribution is 5.93. The lowest BCUT2D eigenvalue weighted by molar-refractivity contribution is -0.138. The third-order valence-corrected chi connectivity index (χ3v) is 5.56. The molecule has 1 saturated carbocycles. The summed E-state index contributed by atoms with van der Waals surface area (Å²) in [5.74, 6) is 1.72. The third kappa shape index (κ3) is 4.97. The molecule has 2 amide bonds. The first-order valence-corrected chi connectivity index (χ1v) is 10.6. The van der Waals surface area contributed by atoms with Gasteiger partial charge in [-0.05, 0) is 50.7 Å². The van der Waals surface area contributed by atoms with Gasteiger partial charge in [0.25, 0.3) is 0 Å². The van der Waals surface area contributed by atoms with Crippen LogP contribution in [0.2, 0.25) is 0 Å². The fourth-order valence-corrected chi connectivity index (χ4v) is 4.10. The summed E-state index contributed by atoms with van der Waals surface area (Å²) in [7, 11) is 0. The van der Waals surface area contributed by atoms with Crippen LogP contribution in [0.4, 0.5) is 5.69 Å². The molecule has 0 saturated heterocycles. The molecule has 0 spiro atoms. The molecule has 0 radical (unpaired) electrons. The molecular weight excluding hydrogens is 356 g/mol. The van der Waals surface area contributed by atoms with Gasteiger partial charge in [-0.3, -0.25) is 9.59 Å². The fraction of sp³-hybridized carbons (Fsp3) is 0.636. The second-order valence-electron chi connectivity index (χ2n) is 7.72. The number of nitrogens with one attached hydrogen (secondary N) is 1. The van der Waals surface area contributed by atoms with E-state index in [1.54, 1.807) is 0 Å². The number of hydrogen-bond acceptors (Lipinski definition) is 4. The average molecular weight is 389 g/mol. The van der Waals surface area contributed by atoms with Gasteiger partial charge in [-0.15, -0.1) is 0 Å². The van der Waals surface area contributed by atoms with Crippen molar-refractivity contribution in [2.45, 2.75) is 52.4 Å². The Morgan fingerprint density at radius 3 is 2.21 bits per heavy atom. The second kappa shape index (κ2) is 9.80. The van der Waals surface area contributed by atoms with E-state index in [-0.39, 0.29) is 23.7 Å². The van der Waals surface area contributed by atoms with Crippen molar-refractivity contribution in [2.24, 2.45) is 11.8 Å². The van der Waals surface area contributed by atoms with Crippen LogP contribution in [0.5, 0.6) is 11.5 Å². The van der Waals surface area contributed by atoms with E-state index < -0.39 is 0 Å². The third-order valence-electron chi connectivity index (χ3n) is 5.56. The van der Waals surface area contributed by atoms with Crippen molar-refractivity contribution < 1.29 is 19.1 Å². The molecule has 1 aliphatic carbocycles. The average Bonchev–Trinajstić information content (AvgIpc) is 2.73. The fourth-order valence-electron chi connectivity index (χ4n) is 4.10. The number of anilines is 1. The highest BCUT2D eigenvalue weighted by Crippen LogP contribution is 2.34. The van der Waals surface area contributed by atoms with E-state index in [0.717, 1.165) is 57.3 Å². The highest BCUT2D eigenvalue weighted by Gasteiger charge is 2.32. The molecule has 1 heterocycles. The first-order chi connectivity index (χ1) is 13.6. The van der Waals surface area contributed by atoms with Crippen LogP contribution in [0.25, 0.3) is 0 Å². The van der Waals surface area contributed by atoms with E-state index in [1.807, 2.05) is 23.1 Å². The number of carbonyl (C=O) groups excluding carboxylic acids is 2. The predicted octanol–water partition coefficient (Wildman–Crippen LogP) is 3.85. The molecule has 1 N–H and O–H groups in total. The largest absolute Gasteiger partial charge is 0.486 e. The number of carbonyl (C=O) groups is 2. The van der Waals surface area contributed by atoms with Crippen LogP contribution < -0.4 is 14.8 Å². The van der Waals surface area contributed by atoms with Gasteiger partial charge in [-0.2, -0.15) is 0 Å². The summed E-state index contributed by atoms with van der Waals surface area (Å²) >= 11 is 0. The lowest BCUT2D eigenvalue weighted by Gasteiger charge is -2.31. The summed E-state index contributed by atoms with van der Waals surface area (Å²) in [4.78, 5) is 27.5. The molecule has 0 atom stereocenters. The molecule has 154 valence electrons. The normalized spacial score (nSPS) is 21.1. The Labute approximate surface area is 167 Å². The lowest BCUT2D eigenvalue weighted by atomic mass is 9.80. The van der Waals surface area contributed by atoms with Gasteiger partial charge in [0.2, 0.25) is 11.8 Å². The topological polar surface area (TPSA) is 67.9 Å². The quantitative estimate of drug-likeness (QED) is 0.770.